The average Bonchev–Trinajstić information content (AvgIpc) is 3.67. The summed E-state index contributed by atoms with van der Waals surface area (Å²) in [6.07, 6.45) is 3.32. The second-order valence-corrected chi connectivity index (χ2v) is 11.4. The number of ketones is 1. The molecule has 2 N–H and O–H groups in total. The van der Waals surface area contributed by atoms with Gasteiger partial charge in [0.2, 0.25) is 11.8 Å². The van der Waals surface area contributed by atoms with Crippen molar-refractivity contribution in [3.8, 4) is 5.75 Å². The molecule has 1 aliphatic carbocycles. The molecule has 2 saturated heterocycles. The molecule has 212 valence electrons. The van der Waals surface area contributed by atoms with Crippen LogP contribution in [0.4, 0.5) is 0 Å². The van der Waals surface area contributed by atoms with Crippen molar-refractivity contribution >= 4 is 23.3 Å². The van der Waals surface area contributed by atoms with E-state index in [2.05, 4.69) is 10.6 Å². The minimum Gasteiger partial charge on any atom is -0.497 e. The first kappa shape index (κ1) is 27.7. The maximum Gasteiger partial charge on any atom is 0.242 e. The van der Waals surface area contributed by atoms with Gasteiger partial charge in [-0.2, -0.15) is 0 Å². The van der Waals surface area contributed by atoms with E-state index in [9.17, 15) is 14.4 Å². The maximum atomic E-state index is 13.4. The number of fused-ring (bicyclic) bond motifs is 1. The monoisotopic (exact) mass is 540 g/mol. The smallest absolute Gasteiger partial charge is 0.242 e. The molecule has 0 spiro atoms. The van der Waals surface area contributed by atoms with Gasteiger partial charge in [-0.3, -0.25) is 24.3 Å². The zero-order valence-electron chi connectivity index (χ0n) is 23.1. The Kier molecular flexibility index (Phi) is 8.35. The van der Waals surface area contributed by atoms with E-state index in [0.29, 0.717) is 45.2 Å². The number of benzene rings is 1. The molecule has 39 heavy (non-hydrogen) atoms. The Labute approximate surface area is 229 Å². The number of nitrogens with zero attached hydrogens (tertiary/aromatic N) is 2. The molecule has 10 heteroatoms. The lowest BCUT2D eigenvalue weighted by Crippen LogP contribution is -2.56. The van der Waals surface area contributed by atoms with Gasteiger partial charge in [0, 0.05) is 24.7 Å². The summed E-state index contributed by atoms with van der Waals surface area (Å²) < 4.78 is 16.1. The van der Waals surface area contributed by atoms with E-state index in [0.717, 1.165) is 36.3 Å². The van der Waals surface area contributed by atoms with Crippen LogP contribution in [0.5, 0.6) is 5.75 Å². The predicted octanol–water partition coefficient (Wildman–Crippen LogP) is 1.16. The van der Waals surface area contributed by atoms with Crippen LogP contribution in [-0.2, 0) is 30.3 Å². The van der Waals surface area contributed by atoms with Gasteiger partial charge in [0.15, 0.2) is 5.78 Å². The number of amides is 2. The summed E-state index contributed by atoms with van der Waals surface area (Å²) >= 11 is 0. The number of aliphatic imine (C=N–C) groups is 1. The number of hydrogen-bond acceptors (Lipinski definition) is 8. The summed E-state index contributed by atoms with van der Waals surface area (Å²) in [4.78, 5) is 46.2. The minimum absolute atomic E-state index is 0.0311. The highest BCUT2D eigenvalue weighted by molar-refractivity contribution is 6.01. The molecule has 10 nitrogen and oxygen atoms in total. The molecule has 5 rings (SSSR count). The van der Waals surface area contributed by atoms with Crippen molar-refractivity contribution in [2.75, 3.05) is 46.6 Å². The van der Waals surface area contributed by atoms with Crippen molar-refractivity contribution in [1.82, 2.24) is 15.5 Å². The van der Waals surface area contributed by atoms with E-state index in [1.807, 2.05) is 36.1 Å². The Bertz CT molecular complexity index is 1100. The fourth-order valence-corrected chi connectivity index (χ4v) is 5.81. The third-order valence-electron chi connectivity index (χ3n) is 8.54. The molecule has 3 aliphatic heterocycles. The average molecular weight is 541 g/mol. The van der Waals surface area contributed by atoms with Crippen LogP contribution in [0.1, 0.15) is 38.7 Å². The van der Waals surface area contributed by atoms with Crippen LogP contribution in [-0.4, -0.2) is 98.5 Å². The minimum atomic E-state index is -0.732. The van der Waals surface area contributed by atoms with Gasteiger partial charge in [0.05, 0.1) is 39.5 Å². The summed E-state index contributed by atoms with van der Waals surface area (Å²) in [5, 5.41) is 6.02. The van der Waals surface area contributed by atoms with Crippen LogP contribution in [0.25, 0.3) is 0 Å². The van der Waals surface area contributed by atoms with E-state index in [4.69, 9.17) is 19.2 Å². The summed E-state index contributed by atoms with van der Waals surface area (Å²) in [7, 11) is 1.63. The van der Waals surface area contributed by atoms with E-state index in [-0.39, 0.29) is 36.1 Å². The molecule has 2 amide bonds. The van der Waals surface area contributed by atoms with Gasteiger partial charge in [-0.1, -0.05) is 12.1 Å². The standard InChI is InChI=1S/C29H40N4O6/c1-18(30-25(34)16-33-10-12-38-13-11-33)28(36)32-23(14-19-4-7-21(37-3)8-5-19)26-22-9-6-20(22)15-24(31-26)27(35)29(2)17-39-29/h4-5,7-8,18,20,22-24H,6,9-17H2,1-3H3,(H,30,34)(H,32,36). The Hall–Kier alpha value is -2.82. The fourth-order valence-electron chi connectivity index (χ4n) is 5.81. The number of methoxy groups -OCH3 is 1. The number of carbonyl (C=O) groups excluding carboxylic acids is 3. The Morgan fingerprint density at radius 2 is 1.87 bits per heavy atom. The van der Waals surface area contributed by atoms with Crippen molar-refractivity contribution in [2.24, 2.45) is 16.8 Å². The molecule has 3 heterocycles. The van der Waals surface area contributed by atoms with E-state index >= 15 is 0 Å². The van der Waals surface area contributed by atoms with E-state index in [1.165, 1.54) is 0 Å². The van der Waals surface area contributed by atoms with Gasteiger partial charge >= 0.3 is 0 Å². The Balaban J connectivity index is 1.32. The van der Waals surface area contributed by atoms with Crippen LogP contribution in [0.15, 0.2) is 29.3 Å². The number of morpholine rings is 1. The van der Waals surface area contributed by atoms with Crippen molar-refractivity contribution in [1.29, 1.82) is 0 Å². The van der Waals surface area contributed by atoms with Gasteiger partial charge in [-0.15, -0.1) is 0 Å². The SMILES string of the molecule is COc1ccc(CC(NC(=O)C(C)NC(=O)CN2CCOCC2)C2=NC(C(=O)C3(C)CO3)CC3CCC23)cc1. The van der Waals surface area contributed by atoms with Gasteiger partial charge in [0.25, 0.3) is 0 Å². The first-order valence-corrected chi connectivity index (χ1v) is 14.0. The molecule has 6 atom stereocenters. The molecular weight excluding hydrogens is 500 g/mol. The summed E-state index contributed by atoms with van der Waals surface area (Å²) in [5.41, 5.74) is 1.18. The van der Waals surface area contributed by atoms with Gasteiger partial charge in [-0.25, -0.2) is 0 Å². The van der Waals surface area contributed by atoms with Crippen LogP contribution < -0.4 is 15.4 Å². The van der Waals surface area contributed by atoms with Gasteiger partial charge in [-0.05, 0) is 63.1 Å². The third kappa shape index (κ3) is 6.50. The van der Waals surface area contributed by atoms with Crippen molar-refractivity contribution in [3.63, 3.8) is 0 Å². The van der Waals surface area contributed by atoms with E-state index < -0.39 is 17.7 Å². The molecular formula is C29H40N4O6. The third-order valence-corrected chi connectivity index (χ3v) is 8.54. The lowest BCUT2D eigenvalue weighted by molar-refractivity contribution is -0.129. The number of ether oxygens (including phenoxy) is 3. The zero-order valence-corrected chi connectivity index (χ0v) is 23.1. The fraction of sp³-hybridized carbons (Fsp3) is 0.655. The Morgan fingerprint density at radius 3 is 2.49 bits per heavy atom. The number of hydrogen-bond donors (Lipinski definition) is 2. The number of rotatable bonds is 11. The second-order valence-electron chi connectivity index (χ2n) is 11.4. The first-order valence-electron chi connectivity index (χ1n) is 14.0. The number of Topliss-reactive ketones (excluding diaryl/α,β-unsaturated/α-hetero) is 1. The van der Waals surface area contributed by atoms with Crippen LogP contribution >= 0.6 is 0 Å². The highest BCUT2D eigenvalue weighted by Crippen LogP contribution is 2.45. The lowest BCUT2D eigenvalue weighted by Gasteiger charge is -2.45. The van der Waals surface area contributed by atoms with E-state index in [1.54, 1.807) is 14.0 Å². The van der Waals surface area contributed by atoms with Crippen molar-refractivity contribution < 1.29 is 28.6 Å². The second kappa shape index (κ2) is 11.7. The number of nitrogens with one attached hydrogen (secondary N) is 2. The number of epoxide rings is 1. The van der Waals surface area contributed by atoms with Crippen LogP contribution in [0.3, 0.4) is 0 Å². The largest absolute Gasteiger partial charge is 0.497 e. The Morgan fingerprint density at radius 1 is 1.15 bits per heavy atom. The highest BCUT2D eigenvalue weighted by atomic mass is 16.6. The summed E-state index contributed by atoms with van der Waals surface area (Å²) in [6, 6.07) is 6.21. The number of carbonyl (C=O) groups is 3. The molecule has 1 aromatic rings. The molecule has 4 aliphatic rings. The lowest BCUT2D eigenvalue weighted by atomic mass is 9.64. The topological polar surface area (TPSA) is 122 Å². The predicted molar refractivity (Wildman–Crippen MR) is 145 cm³/mol. The summed E-state index contributed by atoms with van der Waals surface area (Å²) in [6.45, 7) is 6.81. The molecule has 1 aromatic carbocycles. The quantitative estimate of drug-likeness (QED) is 0.404. The molecule has 0 radical (unpaired) electrons. The summed E-state index contributed by atoms with van der Waals surface area (Å²) in [5.74, 6) is 0.959. The zero-order chi connectivity index (χ0) is 27.6. The van der Waals surface area contributed by atoms with Gasteiger partial charge in [0.1, 0.15) is 23.4 Å². The van der Waals surface area contributed by atoms with Crippen LogP contribution in [0.2, 0.25) is 0 Å². The molecule has 3 fully saturated rings. The maximum absolute atomic E-state index is 13.4. The molecule has 0 aromatic heterocycles. The van der Waals surface area contributed by atoms with Crippen LogP contribution in [0, 0.1) is 11.8 Å². The highest BCUT2D eigenvalue weighted by Gasteiger charge is 2.53. The molecule has 0 bridgehead atoms. The van der Waals surface area contributed by atoms with Crippen molar-refractivity contribution in [2.45, 2.75) is 63.3 Å². The molecule has 6 unspecified atom stereocenters. The normalized spacial score (nSPS) is 29.6. The molecule has 1 saturated carbocycles. The van der Waals surface area contributed by atoms with Crippen molar-refractivity contribution in [3.05, 3.63) is 29.8 Å². The van der Waals surface area contributed by atoms with Gasteiger partial charge < -0.3 is 24.8 Å². The first-order chi connectivity index (χ1) is 18.8.